The molecule has 0 bridgehead atoms. The number of rotatable bonds is 10. The largest absolute Gasteiger partial charge is 0.520 e. The second-order valence-corrected chi connectivity index (χ2v) is 9.44. The van der Waals surface area contributed by atoms with Gasteiger partial charge in [-0.2, -0.15) is 0 Å². The second-order valence-electron chi connectivity index (χ2n) is 4.14. The fourth-order valence-corrected chi connectivity index (χ4v) is 8.27. The van der Waals surface area contributed by atoms with E-state index in [4.69, 9.17) is 13.3 Å². The van der Waals surface area contributed by atoms with E-state index in [1.165, 1.54) is 0 Å². The predicted octanol–water partition coefficient (Wildman–Crippen LogP) is 2.31. The van der Waals surface area contributed by atoms with Crippen molar-refractivity contribution in [3.8, 4) is 0 Å². The molecule has 0 rings (SSSR count). The van der Waals surface area contributed by atoms with E-state index in [1.807, 2.05) is 0 Å². The molecule has 2 N–H and O–H groups in total. The first-order valence-corrected chi connectivity index (χ1v) is 10.1. The van der Waals surface area contributed by atoms with Crippen LogP contribution in [-0.4, -0.2) is 43.2 Å². The molecular formula is C11H27O6PSi. The second kappa shape index (κ2) is 7.88. The first kappa shape index (κ1) is 19.2. The molecule has 0 aromatic carbocycles. The number of hydrogen-bond acceptors (Lipinski definition) is 4. The molecule has 0 saturated heterocycles. The Morgan fingerprint density at radius 2 is 1.21 bits per heavy atom. The summed E-state index contributed by atoms with van der Waals surface area (Å²) in [5.41, 5.74) is 0. The van der Waals surface area contributed by atoms with Crippen LogP contribution in [0.2, 0.25) is 0 Å². The standard InChI is InChI=1S/C11H27O6PSi/c1-6-11(7-2,18(12,13)14)19(15-8-3,16-9-4)17-10-5/h6-10H2,1-5H3,(H2,12,13,14). The first-order chi connectivity index (χ1) is 8.80. The lowest BCUT2D eigenvalue weighted by Crippen LogP contribution is -2.64. The minimum Gasteiger partial charge on any atom is -0.373 e. The summed E-state index contributed by atoms with van der Waals surface area (Å²) in [5, 5.41) is 0. The van der Waals surface area contributed by atoms with Gasteiger partial charge in [0, 0.05) is 19.8 Å². The zero-order valence-electron chi connectivity index (χ0n) is 12.5. The molecule has 116 valence electrons. The van der Waals surface area contributed by atoms with Crippen LogP contribution in [0.1, 0.15) is 47.5 Å². The molecule has 0 aliphatic heterocycles. The maximum Gasteiger partial charge on any atom is 0.520 e. The van der Waals surface area contributed by atoms with Crippen LogP contribution in [0.15, 0.2) is 0 Å². The van der Waals surface area contributed by atoms with E-state index >= 15 is 0 Å². The van der Waals surface area contributed by atoms with Crippen LogP contribution in [0.3, 0.4) is 0 Å². The fourth-order valence-electron chi connectivity index (χ4n) is 2.37. The molecule has 0 aliphatic carbocycles. The third-order valence-electron chi connectivity index (χ3n) is 3.30. The minimum atomic E-state index is -4.43. The van der Waals surface area contributed by atoms with Gasteiger partial charge in [-0.25, -0.2) is 0 Å². The van der Waals surface area contributed by atoms with Crippen LogP contribution >= 0.6 is 7.60 Å². The fraction of sp³-hybridized carbons (Fsp3) is 1.00. The van der Waals surface area contributed by atoms with Gasteiger partial charge in [0.1, 0.15) is 4.78 Å². The van der Waals surface area contributed by atoms with Crippen molar-refractivity contribution in [2.45, 2.75) is 52.2 Å². The normalized spacial score (nSPS) is 13.8. The summed E-state index contributed by atoms with van der Waals surface area (Å²) in [6.45, 7) is 9.69. The Morgan fingerprint density at radius 1 is 0.895 bits per heavy atom. The van der Waals surface area contributed by atoms with Crippen LogP contribution in [-0.2, 0) is 17.8 Å². The van der Waals surface area contributed by atoms with Gasteiger partial charge in [-0.15, -0.1) is 0 Å². The van der Waals surface area contributed by atoms with Gasteiger partial charge < -0.3 is 23.1 Å². The van der Waals surface area contributed by atoms with Gasteiger partial charge in [0.25, 0.3) is 0 Å². The Balaban J connectivity index is 5.91. The molecule has 0 atom stereocenters. The highest BCUT2D eigenvalue weighted by atomic mass is 31.2. The van der Waals surface area contributed by atoms with E-state index in [1.54, 1.807) is 34.6 Å². The first-order valence-electron chi connectivity index (χ1n) is 6.78. The lowest BCUT2D eigenvalue weighted by molar-refractivity contribution is 0.0512. The van der Waals surface area contributed by atoms with Crippen LogP contribution in [0, 0.1) is 0 Å². The predicted molar refractivity (Wildman–Crippen MR) is 76.0 cm³/mol. The van der Waals surface area contributed by atoms with E-state index in [0.717, 1.165) is 0 Å². The molecule has 0 aromatic rings. The molecule has 0 spiro atoms. The molecule has 0 aliphatic rings. The highest BCUT2D eigenvalue weighted by molar-refractivity contribution is 7.56. The molecule has 0 unspecified atom stereocenters. The van der Waals surface area contributed by atoms with E-state index in [0.29, 0.717) is 19.8 Å². The topological polar surface area (TPSA) is 85.2 Å². The summed E-state index contributed by atoms with van der Waals surface area (Å²) in [6.07, 6.45) is 0.500. The Hall–Kier alpha value is 0.247. The molecule has 0 fully saturated rings. The van der Waals surface area contributed by atoms with E-state index in [9.17, 15) is 14.4 Å². The van der Waals surface area contributed by atoms with Crippen molar-refractivity contribution in [1.29, 1.82) is 0 Å². The van der Waals surface area contributed by atoms with Gasteiger partial charge in [0.05, 0.1) is 0 Å². The summed E-state index contributed by atoms with van der Waals surface area (Å²) < 4.78 is 27.8. The van der Waals surface area contributed by atoms with Gasteiger partial charge in [-0.3, -0.25) is 4.57 Å². The molecule has 0 amide bonds. The van der Waals surface area contributed by atoms with Crippen LogP contribution < -0.4 is 0 Å². The minimum absolute atomic E-state index is 0.250. The van der Waals surface area contributed by atoms with E-state index in [-0.39, 0.29) is 12.8 Å². The van der Waals surface area contributed by atoms with Crippen molar-refractivity contribution in [3.05, 3.63) is 0 Å². The van der Waals surface area contributed by atoms with Crippen molar-refractivity contribution in [3.63, 3.8) is 0 Å². The average molecular weight is 314 g/mol. The van der Waals surface area contributed by atoms with Crippen molar-refractivity contribution in [1.82, 2.24) is 0 Å². The Morgan fingerprint density at radius 3 is 1.37 bits per heavy atom. The third-order valence-corrected chi connectivity index (χ3v) is 10.6. The maximum atomic E-state index is 12.1. The molecule has 0 heterocycles. The molecular weight excluding hydrogens is 287 g/mol. The number of hydrogen-bond donors (Lipinski definition) is 2. The van der Waals surface area contributed by atoms with Gasteiger partial charge in [0.2, 0.25) is 0 Å². The quantitative estimate of drug-likeness (QED) is 0.475. The average Bonchev–Trinajstić information content (AvgIpc) is 2.30. The monoisotopic (exact) mass is 314 g/mol. The Bertz CT molecular complexity index is 285. The van der Waals surface area contributed by atoms with Gasteiger partial charge in [0.15, 0.2) is 0 Å². The molecule has 0 radical (unpaired) electrons. The van der Waals surface area contributed by atoms with Crippen molar-refractivity contribution in [2.75, 3.05) is 19.8 Å². The highest BCUT2D eigenvalue weighted by Crippen LogP contribution is 2.59. The van der Waals surface area contributed by atoms with E-state index < -0.39 is 21.2 Å². The zero-order valence-corrected chi connectivity index (χ0v) is 14.4. The Kier molecular flexibility index (Phi) is 7.98. The van der Waals surface area contributed by atoms with Crippen molar-refractivity contribution in [2.24, 2.45) is 0 Å². The van der Waals surface area contributed by atoms with Crippen molar-refractivity contribution < 1.29 is 27.6 Å². The highest BCUT2D eigenvalue weighted by Gasteiger charge is 2.68. The Labute approximate surface area is 117 Å². The molecule has 19 heavy (non-hydrogen) atoms. The van der Waals surface area contributed by atoms with E-state index in [2.05, 4.69) is 0 Å². The van der Waals surface area contributed by atoms with Gasteiger partial charge in [-0.05, 0) is 33.6 Å². The smallest absolute Gasteiger partial charge is 0.373 e. The van der Waals surface area contributed by atoms with Crippen LogP contribution in [0.4, 0.5) is 0 Å². The summed E-state index contributed by atoms with van der Waals surface area (Å²) in [4.78, 5) is 19.7. The van der Waals surface area contributed by atoms with Crippen LogP contribution in [0.25, 0.3) is 0 Å². The summed E-state index contributed by atoms with van der Waals surface area (Å²) in [5.74, 6) is 0. The molecule has 6 nitrogen and oxygen atoms in total. The summed E-state index contributed by atoms with van der Waals surface area (Å²) in [7, 11) is -7.90. The van der Waals surface area contributed by atoms with Gasteiger partial charge >= 0.3 is 16.4 Å². The van der Waals surface area contributed by atoms with Crippen LogP contribution in [0.5, 0.6) is 0 Å². The lowest BCUT2D eigenvalue weighted by atomic mass is 10.2. The zero-order chi connectivity index (χ0) is 15.2. The SMILES string of the molecule is CCO[Si](OCC)(OCC)C(CC)(CC)P(=O)(O)O. The molecule has 0 aromatic heterocycles. The molecule has 8 heteroatoms. The van der Waals surface area contributed by atoms with Crippen molar-refractivity contribution >= 4 is 16.4 Å². The summed E-state index contributed by atoms with van der Waals surface area (Å²) in [6, 6.07) is 0. The third kappa shape index (κ3) is 3.67. The lowest BCUT2D eigenvalue weighted by Gasteiger charge is -2.44. The maximum absolute atomic E-state index is 12.1. The molecule has 0 saturated carbocycles. The summed E-state index contributed by atoms with van der Waals surface area (Å²) >= 11 is 0. The van der Waals surface area contributed by atoms with Gasteiger partial charge in [-0.1, -0.05) is 13.8 Å².